The van der Waals surface area contributed by atoms with E-state index in [0.29, 0.717) is 17.6 Å². The molecule has 0 fully saturated rings. The standard InChI is InChI=1S/C24H28N2O3S/c1-5-18(24(28)29-14(2)3)26-21(16-10-8-9-15(4)13-16)25-22-20(23(26)27)17-11-6-7-12-19(17)30-22/h8-10,13-14,18H,5-7,11-12H2,1-4H3. The molecule has 0 saturated carbocycles. The number of nitrogens with zero attached hydrogens (tertiary/aromatic N) is 2. The fraction of sp³-hybridized carbons (Fsp3) is 0.458. The molecule has 0 radical (unpaired) electrons. The second kappa shape index (κ2) is 8.34. The number of rotatable bonds is 5. The molecule has 1 aliphatic rings. The Bertz CT molecular complexity index is 1160. The van der Waals surface area contributed by atoms with Crippen molar-refractivity contribution in [3.63, 3.8) is 0 Å². The lowest BCUT2D eigenvalue weighted by Gasteiger charge is -2.22. The van der Waals surface area contributed by atoms with Crippen molar-refractivity contribution in [2.75, 3.05) is 0 Å². The van der Waals surface area contributed by atoms with Gasteiger partial charge in [-0.1, -0.05) is 30.7 Å². The minimum Gasteiger partial charge on any atom is -0.461 e. The highest BCUT2D eigenvalue weighted by molar-refractivity contribution is 7.18. The van der Waals surface area contributed by atoms with Crippen molar-refractivity contribution >= 4 is 27.5 Å². The van der Waals surface area contributed by atoms with Gasteiger partial charge in [-0.05, 0) is 64.5 Å². The van der Waals surface area contributed by atoms with Crippen molar-refractivity contribution in [1.29, 1.82) is 0 Å². The summed E-state index contributed by atoms with van der Waals surface area (Å²) >= 11 is 1.63. The van der Waals surface area contributed by atoms with Gasteiger partial charge in [0.2, 0.25) is 0 Å². The molecular formula is C24H28N2O3S. The fourth-order valence-corrected chi connectivity index (χ4v) is 5.51. The third-order valence-corrected chi connectivity index (χ3v) is 6.81. The molecule has 0 amide bonds. The lowest BCUT2D eigenvalue weighted by atomic mass is 9.97. The van der Waals surface area contributed by atoms with Crippen LogP contribution in [0.1, 0.15) is 62.1 Å². The minimum absolute atomic E-state index is 0.122. The van der Waals surface area contributed by atoms with Gasteiger partial charge in [0.05, 0.1) is 11.5 Å². The van der Waals surface area contributed by atoms with Crippen LogP contribution < -0.4 is 5.56 Å². The third-order valence-electron chi connectivity index (χ3n) is 5.62. The van der Waals surface area contributed by atoms with Crippen LogP contribution >= 0.6 is 11.3 Å². The Hall–Kier alpha value is -2.47. The molecule has 2 heterocycles. The molecule has 3 aromatic rings. The number of carbonyl (C=O) groups excluding carboxylic acids is 1. The maximum absolute atomic E-state index is 13.9. The lowest BCUT2D eigenvalue weighted by Crippen LogP contribution is -2.34. The summed E-state index contributed by atoms with van der Waals surface area (Å²) in [5.41, 5.74) is 2.94. The first-order chi connectivity index (χ1) is 14.4. The number of carbonyl (C=O) groups is 1. The molecule has 1 aromatic carbocycles. The van der Waals surface area contributed by atoms with Gasteiger partial charge < -0.3 is 4.74 Å². The van der Waals surface area contributed by atoms with E-state index in [2.05, 4.69) is 0 Å². The van der Waals surface area contributed by atoms with Gasteiger partial charge in [-0.2, -0.15) is 0 Å². The van der Waals surface area contributed by atoms with E-state index in [-0.39, 0.29) is 17.6 Å². The Morgan fingerprint density at radius 1 is 1.27 bits per heavy atom. The van der Waals surface area contributed by atoms with Gasteiger partial charge in [0.1, 0.15) is 16.7 Å². The molecule has 1 aliphatic carbocycles. The lowest BCUT2D eigenvalue weighted by molar-refractivity contribution is -0.151. The van der Waals surface area contributed by atoms with Gasteiger partial charge in [-0.15, -0.1) is 11.3 Å². The van der Waals surface area contributed by atoms with Crippen molar-refractivity contribution in [3.8, 4) is 11.4 Å². The molecule has 5 nitrogen and oxygen atoms in total. The fourth-order valence-electron chi connectivity index (χ4n) is 4.26. The Balaban J connectivity index is 2.01. The maximum Gasteiger partial charge on any atom is 0.329 e. The summed E-state index contributed by atoms with van der Waals surface area (Å²) in [6.07, 6.45) is 4.37. The number of thiophene rings is 1. The van der Waals surface area contributed by atoms with Crippen molar-refractivity contribution in [1.82, 2.24) is 9.55 Å². The van der Waals surface area contributed by atoms with Crippen molar-refractivity contribution < 1.29 is 9.53 Å². The molecule has 1 atom stereocenters. The number of ether oxygens (including phenoxy) is 1. The van der Waals surface area contributed by atoms with Crippen LogP contribution in [0.5, 0.6) is 0 Å². The summed E-state index contributed by atoms with van der Waals surface area (Å²) in [6.45, 7) is 7.57. The van der Waals surface area contributed by atoms with Crippen molar-refractivity contribution in [2.24, 2.45) is 0 Å². The van der Waals surface area contributed by atoms with E-state index in [4.69, 9.17) is 9.72 Å². The molecule has 0 bridgehead atoms. The zero-order valence-electron chi connectivity index (χ0n) is 18.0. The average Bonchev–Trinajstić information content (AvgIpc) is 3.08. The third kappa shape index (κ3) is 3.69. The number of hydrogen-bond acceptors (Lipinski definition) is 5. The summed E-state index contributed by atoms with van der Waals surface area (Å²) in [4.78, 5) is 33.8. The topological polar surface area (TPSA) is 61.2 Å². The number of esters is 1. The van der Waals surface area contributed by atoms with Crippen LogP contribution in [0.4, 0.5) is 0 Å². The first kappa shape index (κ1) is 20.8. The van der Waals surface area contributed by atoms with Gasteiger partial charge in [-0.3, -0.25) is 9.36 Å². The van der Waals surface area contributed by atoms with Gasteiger partial charge in [0, 0.05) is 10.4 Å². The van der Waals surface area contributed by atoms with E-state index in [1.165, 1.54) is 4.88 Å². The predicted molar refractivity (Wildman–Crippen MR) is 121 cm³/mol. The molecule has 2 aromatic heterocycles. The van der Waals surface area contributed by atoms with E-state index in [1.807, 2.05) is 52.0 Å². The average molecular weight is 425 g/mol. The van der Waals surface area contributed by atoms with Gasteiger partial charge >= 0.3 is 5.97 Å². The highest BCUT2D eigenvalue weighted by Gasteiger charge is 2.29. The zero-order valence-corrected chi connectivity index (χ0v) is 18.8. The second-order valence-corrected chi connectivity index (χ2v) is 9.36. The van der Waals surface area contributed by atoms with Gasteiger partial charge in [0.15, 0.2) is 0 Å². The summed E-state index contributed by atoms with van der Waals surface area (Å²) in [7, 11) is 0. The van der Waals surface area contributed by atoms with Crippen molar-refractivity contribution in [3.05, 3.63) is 50.6 Å². The molecule has 6 heteroatoms. The SMILES string of the molecule is CCC(C(=O)OC(C)C)n1c(-c2cccc(C)c2)nc2sc3c(c2c1=O)CCCC3. The molecular weight excluding hydrogens is 396 g/mol. The first-order valence-electron chi connectivity index (χ1n) is 10.7. The smallest absolute Gasteiger partial charge is 0.329 e. The van der Waals surface area contributed by atoms with E-state index >= 15 is 0 Å². The molecule has 0 aliphatic heterocycles. The molecule has 1 unspecified atom stereocenters. The Morgan fingerprint density at radius 3 is 2.73 bits per heavy atom. The highest BCUT2D eigenvalue weighted by atomic mass is 32.1. The summed E-state index contributed by atoms with van der Waals surface area (Å²) in [5.74, 6) is 0.163. The summed E-state index contributed by atoms with van der Waals surface area (Å²) in [6, 6.07) is 7.23. The molecule has 4 rings (SSSR count). The largest absolute Gasteiger partial charge is 0.461 e. The number of benzene rings is 1. The van der Waals surface area contributed by atoms with Crippen LogP contribution in [0.15, 0.2) is 29.1 Å². The molecule has 158 valence electrons. The van der Waals surface area contributed by atoms with Crippen LogP contribution in [0, 0.1) is 6.92 Å². The normalized spacial score (nSPS) is 14.7. The zero-order chi connectivity index (χ0) is 21.4. The second-order valence-electron chi connectivity index (χ2n) is 8.28. The first-order valence-corrected chi connectivity index (χ1v) is 11.6. The van der Waals surface area contributed by atoms with E-state index in [1.54, 1.807) is 15.9 Å². The number of aryl methyl sites for hydroxylation is 3. The van der Waals surface area contributed by atoms with E-state index < -0.39 is 6.04 Å². The van der Waals surface area contributed by atoms with E-state index in [9.17, 15) is 9.59 Å². The molecule has 0 N–H and O–H groups in total. The maximum atomic E-state index is 13.9. The van der Waals surface area contributed by atoms with Crippen LogP contribution in [-0.2, 0) is 22.4 Å². The van der Waals surface area contributed by atoms with Crippen molar-refractivity contribution in [2.45, 2.75) is 71.9 Å². The quantitative estimate of drug-likeness (QED) is 0.527. The summed E-state index contributed by atoms with van der Waals surface area (Å²) in [5, 5.41) is 0.696. The molecule has 30 heavy (non-hydrogen) atoms. The molecule has 0 saturated heterocycles. The minimum atomic E-state index is -0.702. The van der Waals surface area contributed by atoms with Crippen LogP contribution in [0.3, 0.4) is 0 Å². The van der Waals surface area contributed by atoms with Gasteiger partial charge in [-0.25, -0.2) is 9.78 Å². The molecule has 0 spiro atoms. The van der Waals surface area contributed by atoms with Crippen LogP contribution in [0.25, 0.3) is 21.6 Å². The predicted octanol–water partition coefficient (Wildman–Crippen LogP) is 5.21. The number of fused-ring (bicyclic) bond motifs is 3. The van der Waals surface area contributed by atoms with Crippen LogP contribution in [0.2, 0.25) is 0 Å². The Morgan fingerprint density at radius 2 is 2.03 bits per heavy atom. The highest BCUT2D eigenvalue weighted by Crippen LogP contribution is 2.35. The van der Waals surface area contributed by atoms with Crippen LogP contribution in [-0.4, -0.2) is 21.6 Å². The Kier molecular flexibility index (Phi) is 5.78. The van der Waals surface area contributed by atoms with Gasteiger partial charge in [0.25, 0.3) is 5.56 Å². The monoisotopic (exact) mass is 424 g/mol. The van der Waals surface area contributed by atoms with E-state index in [0.717, 1.165) is 47.2 Å². The number of hydrogen-bond donors (Lipinski definition) is 0. The Labute approximate surface area is 180 Å². The summed E-state index contributed by atoms with van der Waals surface area (Å²) < 4.78 is 7.10. The number of aromatic nitrogens is 2.